The lowest BCUT2D eigenvalue weighted by Gasteiger charge is -2.19. The molecule has 2 rings (SSSR count). The molecule has 1 aliphatic rings. The Morgan fingerprint density at radius 2 is 2.03 bits per heavy atom. The first-order valence-corrected chi connectivity index (χ1v) is 9.33. The molecular weight excluding hydrogens is 390 g/mol. The van der Waals surface area contributed by atoms with Crippen LogP contribution < -0.4 is 0 Å². The number of hydrogen-bond acceptors (Lipinski definition) is 8. The second kappa shape index (κ2) is 9.52. The van der Waals surface area contributed by atoms with Gasteiger partial charge in [-0.1, -0.05) is 0 Å². The van der Waals surface area contributed by atoms with E-state index in [1.165, 1.54) is 11.1 Å². The largest absolute Gasteiger partial charge is 0.504 e. The van der Waals surface area contributed by atoms with Gasteiger partial charge in [0.25, 0.3) is 5.91 Å². The maximum atomic E-state index is 12.7. The summed E-state index contributed by atoms with van der Waals surface area (Å²) in [5, 5.41) is 49.0. The number of aliphatic imine (C=N–C) groups is 1. The van der Waals surface area contributed by atoms with Gasteiger partial charge in [0.05, 0.1) is 17.5 Å². The van der Waals surface area contributed by atoms with Crippen molar-refractivity contribution in [3.8, 4) is 23.6 Å². The molecule has 0 aliphatic heterocycles. The molecule has 0 heterocycles. The second-order valence-electron chi connectivity index (χ2n) is 6.84. The zero-order chi connectivity index (χ0) is 22.3. The standard InChI is InChI=1S/C20H21N5O5/c1-2-24(8-7-23-20(13-22)5-3-4-6-20)19(28)15(12-21)9-14-10-16(25(29)30)18(27)17(26)11-14/h7,9-11,26-27H,2-6,8H2,1H3/b15-9+,23-7?. The zero-order valence-electron chi connectivity index (χ0n) is 16.4. The molecule has 30 heavy (non-hydrogen) atoms. The summed E-state index contributed by atoms with van der Waals surface area (Å²) in [6.07, 6.45) is 5.80. The summed E-state index contributed by atoms with van der Waals surface area (Å²) >= 11 is 0. The molecular formula is C20H21N5O5. The molecule has 1 aromatic carbocycles. The number of phenolic OH excluding ortho intramolecular Hbond substituents is 2. The van der Waals surface area contributed by atoms with Gasteiger partial charge in [0.2, 0.25) is 5.75 Å². The summed E-state index contributed by atoms with van der Waals surface area (Å²) < 4.78 is 0. The minimum atomic E-state index is -0.897. The number of nitro benzene ring substituents is 1. The molecule has 0 spiro atoms. The molecule has 2 N–H and O–H groups in total. The van der Waals surface area contributed by atoms with Crippen molar-refractivity contribution in [3.63, 3.8) is 0 Å². The third-order valence-electron chi connectivity index (χ3n) is 4.90. The van der Waals surface area contributed by atoms with Crippen LogP contribution in [0.25, 0.3) is 6.08 Å². The molecule has 1 saturated carbocycles. The Balaban J connectivity index is 2.24. The number of rotatable bonds is 7. The smallest absolute Gasteiger partial charge is 0.315 e. The Morgan fingerprint density at radius 3 is 2.57 bits per heavy atom. The van der Waals surface area contributed by atoms with Crippen LogP contribution in [0.1, 0.15) is 38.2 Å². The number of amides is 1. The van der Waals surface area contributed by atoms with Gasteiger partial charge in [-0.25, -0.2) is 0 Å². The lowest BCUT2D eigenvalue weighted by Crippen LogP contribution is -2.34. The van der Waals surface area contributed by atoms with E-state index < -0.39 is 33.6 Å². The number of carbonyl (C=O) groups is 1. The van der Waals surface area contributed by atoms with E-state index in [-0.39, 0.29) is 24.2 Å². The van der Waals surface area contributed by atoms with Gasteiger partial charge in [0.15, 0.2) is 5.75 Å². The van der Waals surface area contributed by atoms with Gasteiger partial charge in [-0.05, 0) is 50.3 Å². The molecule has 1 aromatic rings. The Labute approximate surface area is 173 Å². The van der Waals surface area contributed by atoms with Crippen molar-refractivity contribution in [3.05, 3.63) is 33.4 Å². The second-order valence-corrected chi connectivity index (χ2v) is 6.84. The van der Waals surface area contributed by atoms with Crippen LogP contribution >= 0.6 is 0 Å². The lowest BCUT2D eigenvalue weighted by molar-refractivity contribution is -0.386. The minimum absolute atomic E-state index is 0.0148. The molecule has 1 amide bonds. The van der Waals surface area contributed by atoms with Gasteiger partial charge in [-0.15, -0.1) is 0 Å². The van der Waals surface area contributed by atoms with Gasteiger partial charge < -0.3 is 15.1 Å². The number of hydrogen-bond donors (Lipinski definition) is 2. The van der Waals surface area contributed by atoms with Crippen molar-refractivity contribution < 1.29 is 19.9 Å². The number of benzene rings is 1. The topological polar surface area (TPSA) is 164 Å². The van der Waals surface area contributed by atoms with Crippen molar-refractivity contribution in [1.29, 1.82) is 10.5 Å². The van der Waals surface area contributed by atoms with Crippen LogP contribution in [0.5, 0.6) is 11.5 Å². The van der Waals surface area contributed by atoms with Crippen molar-refractivity contribution >= 4 is 23.9 Å². The lowest BCUT2D eigenvalue weighted by atomic mass is 10.0. The van der Waals surface area contributed by atoms with Crippen LogP contribution in [-0.2, 0) is 4.79 Å². The number of nitrogens with zero attached hydrogens (tertiary/aromatic N) is 5. The van der Waals surface area contributed by atoms with Crippen LogP contribution in [0.2, 0.25) is 0 Å². The molecule has 156 valence electrons. The van der Waals surface area contributed by atoms with E-state index in [0.29, 0.717) is 12.8 Å². The van der Waals surface area contributed by atoms with E-state index in [9.17, 15) is 35.6 Å². The van der Waals surface area contributed by atoms with Gasteiger partial charge in [0, 0.05) is 18.8 Å². The van der Waals surface area contributed by atoms with Gasteiger partial charge >= 0.3 is 5.69 Å². The van der Waals surface area contributed by atoms with E-state index in [4.69, 9.17) is 0 Å². The van der Waals surface area contributed by atoms with E-state index in [0.717, 1.165) is 31.1 Å². The van der Waals surface area contributed by atoms with Gasteiger partial charge in [0.1, 0.15) is 17.2 Å². The maximum absolute atomic E-state index is 12.7. The van der Waals surface area contributed by atoms with Crippen LogP contribution in [0.15, 0.2) is 22.7 Å². The summed E-state index contributed by atoms with van der Waals surface area (Å²) in [5.41, 5.74) is -1.79. The molecule has 0 saturated heterocycles. The van der Waals surface area contributed by atoms with Crippen molar-refractivity contribution in [1.82, 2.24) is 4.90 Å². The minimum Gasteiger partial charge on any atom is -0.504 e. The predicted octanol–water partition coefficient (Wildman–Crippen LogP) is 2.67. The summed E-state index contributed by atoms with van der Waals surface area (Å²) in [6.45, 7) is 2.08. The normalized spacial score (nSPS) is 15.5. The molecule has 0 bridgehead atoms. The number of aromatic hydroxyl groups is 2. The van der Waals surface area contributed by atoms with Crippen LogP contribution in [-0.4, -0.2) is 50.8 Å². The third kappa shape index (κ3) is 4.92. The Bertz CT molecular complexity index is 981. The number of phenols is 2. The highest BCUT2D eigenvalue weighted by Crippen LogP contribution is 2.36. The number of nitro groups is 1. The number of carbonyl (C=O) groups excluding carboxylic acids is 1. The first kappa shape index (κ1) is 22.4. The molecule has 10 nitrogen and oxygen atoms in total. The first-order chi connectivity index (χ1) is 14.3. The summed E-state index contributed by atoms with van der Waals surface area (Å²) in [5.74, 6) is -2.26. The fourth-order valence-corrected chi connectivity index (χ4v) is 3.23. The van der Waals surface area contributed by atoms with Crippen molar-refractivity contribution in [2.24, 2.45) is 4.99 Å². The monoisotopic (exact) mass is 411 g/mol. The number of likely N-dealkylation sites (N-methyl/N-ethyl adjacent to an activating group) is 1. The van der Waals surface area contributed by atoms with Crippen LogP contribution in [0.4, 0.5) is 5.69 Å². The van der Waals surface area contributed by atoms with Crippen molar-refractivity contribution in [2.75, 3.05) is 13.1 Å². The average molecular weight is 411 g/mol. The average Bonchev–Trinajstić information content (AvgIpc) is 3.20. The highest BCUT2D eigenvalue weighted by Gasteiger charge is 2.32. The third-order valence-corrected chi connectivity index (χ3v) is 4.90. The van der Waals surface area contributed by atoms with Gasteiger partial charge in [-0.3, -0.25) is 19.9 Å². The van der Waals surface area contributed by atoms with E-state index >= 15 is 0 Å². The Morgan fingerprint density at radius 1 is 1.37 bits per heavy atom. The Hall–Kier alpha value is -3.92. The SMILES string of the molecule is CCN(CC=NC1(C#N)CCCC1)C(=O)/C(C#N)=C/c1cc(O)c(O)c([N+](=O)[O-])c1. The molecule has 0 unspecified atom stereocenters. The van der Waals surface area contributed by atoms with E-state index in [1.807, 2.05) is 0 Å². The fourth-order valence-electron chi connectivity index (χ4n) is 3.23. The highest BCUT2D eigenvalue weighted by atomic mass is 16.6. The van der Waals surface area contributed by atoms with Crippen LogP contribution in [0.3, 0.4) is 0 Å². The summed E-state index contributed by atoms with van der Waals surface area (Å²) in [6, 6.07) is 5.95. The molecule has 10 heteroatoms. The highest BCUT2D eigenvalue weighted by molar-refractivity contribution is 6.02. The molecule has 1 aliphatic carbocycles. The predicted molar refractivity (Wildman–Crippen MR) is 108 cm³/mol. The van der Waals surface area contributed by atoms with Gasteiger partial charge in [-0.2, -0.15) is 10.5 Å². The van der Waals surface area contributed by atoms with E-state index in [1.54, 1.807) is 13.0 Å². The van der Waals surface area contributed by atoms with Crippen molar-refractivity contribution in [2.45, 2.75) is 38.1 Å². The molecule has 1 fully saturated rings. The Kier molecular flexibility index (Phi) is 7.10. The fraction of sp³-hybridized carbons (Fsp3) is 0.400. The summed E-state index contributed by atoms with van der Waals surface area (Å²) in [4.78, 5) is 28.5. The quantitative estimate of drug-likeness (QED) is 0.174. The first-order valence-electron chi connectivity index (χ1n) is 9.33. The van der Waals surface area contributed by atoms with E-state index in [2.05, 4.69) is 11.1 Å². The van der Waals surface area contributed by atoms with Crippen LogP contribution in [0, 0.1) is 32.8 Å². The number of nitriles is 2. The molecule has 0 radical (unpaired) electrons. The molecule has 0 atom stereocenters. The maximum Gasteiger partial charge on any atom is 0.315 e. The zero-order valence-corrected chi connectivity index (χ0v) is 16.4. The molecule has 0 aromatic heterocycles. The summed E-state index contributed by atoms with van der Waals surface area (Å²) in [7, 11) is 0.